The highest BCUT2D eigenvalue weighted by Crippen LogP contribution is 2.30. The summed E-state index contributed by atoms with van der Waals surface area (Å²) < 4.78 is 44.9. The first-order chi connectivity index (χ1) is 10.9. The van der Waals surface area contributed by atoms with Gasteiger partial charge in [0.1, 0.15) is 6.26 Å². The molecule has 1 saturated heterocycles. The van der Waals surface area contributed by atoms with Crippen molar-refractivity contribution in [3.05, 3.63) is 58.1 Å². The fourth-order valence-corrected chi connectivity index (χ4v) is 3.06. The van der Waals surface area contributed by atoms with Crippen LogP contribution >= 0.6 is 0 Å². The predicted molar refractivity (Wildman–Crippen MR) is 78.2 cm³/mol. The number of hydrogen-bond acceptors (Lipinski definition) is 3. The Bertz CT molecular complexity index is 720. The first-order valence-corrected chi connectivity index (χ1v) is 7.49. The van der Waals surface area contributed by atoms with Crippen molar-refractivity contribution in [1.29, 1.82) is 0 Å². The van der Waals surface area contributed by atoms with Gasteiger partial charge in [0.2, 0.25) is 0 Å². The summed E-state index contributed by atoms with van der Waals surface area (Å²) >= 11 is 0. The number of aromatic nitrogens is 1. The van der Waals surface area contributed by atoms with Crippen molar-refractivity contribution in [3.8, 4) is 0 Å². The Labute approximate surface area is 130 Å². The van der Waals surface area contributed by atoms with Gasteiger partial charge in [-0.1, -0.05) is 18.2 Å². The van der Waals surface area contributed by atoms with Crippen LogP contribution in [-0.4, -0.2) is 17.3 Å². The second-order valence-electron chi connectivity index (χ2n) is 5.80. The van der Waals surface area contributed by atoms with Gasteiger partial charge in [0.25, 0.3) is 5.56 Å². The average molecular weight is 326 g/mol. The lowest BCUT2D eigenvalue weighted by Crippen LogP contribution is -2.41. The Hall–Kier alpha value is -2.02. The van der Waals surface area contributed by atoms with E-state index in [0.717, 1.165) is 12.5 Å². The molecule has 2 atom stereocenters. The van der Waals surface area contributed by atoms with Crippen molar-refractivity contribution in [2.24, 2.45) is 0 Å². The molecule has 0 bridgehead atoms. The minimum absolute atomic E-state index is 0.00855. The summed E-state index contributed by atoms with van der Waals surface area (Å²) in [6.45, 7) is 0.696. The number of benzene rings is 1. The number of alkyl halides is 3. The molecule has 0 spiro atoms. The smallest absolute Gasteiger partial charge is 0.384 e. The summed E-state index contributed by atoms with van der Waals surface area (Å²) in [5.74, 6) is 0. The van der Waals surface area contributed by atoms with E-state index in [1.807, 2.05) is 0 Å². The molecule has 0 aliphatic carbocycles. The van der Waals surface area contributed by atoms with Gasteiger partial charge in [-0.15, -0.1) is 0 Å². The molecule has 1 aromatic carbocycles. The van der Waals surface area contributed by atoms with Gasteiger partial charge in [0, 0.05) is 12.1 Å². The zero-order valence-electron chi connectivity index (χ0n) is 12.3. The summed E-state index contributed by atoms with van der Waals surface area (Å²) in [6.07, 6.45) is -1.10. The molecule has 0 unspecified atom stereocenters. The van der Waals surface area contributed by atoms with Gasteiger partial charge >= 0.3 is 6.18 Å². The van der Waals surface area contributed by atoms with E-state index in [4.69, 9.17) is 4.52 Å². The molecule has 7 heteroatoms. The number of piperidine rings is 1. The van der Waals surface area contributed by atoms with Gasteiger partial charge in [-0.25, -0.2) is 0 Å². The molecule has 0 saturated carbocycles. The molecule has 1 fully saturated rings. The Balaban J connectivity index is 1.71. The van der Waals surface area contributed by atoms with Gasteiger partial charge in [0.05, 0.1) is 11.6 Å². The Morgan fingerprint density at radius 1 is 1.30 bits per heavy atom. The molecule has 3 rings (SSSR count). The van der Waals surface area contributed by atoms with Gasteiger partial charge in [-0.05, 0) is 37.4 Å². The van der Waals surface area contributed by atoms with Crippen LogP contribution in [0.25, 0.3) is 0 Å². The fourth-order valence-electron chi connectivity index (χ4n) is 3.06. The minimum Gasteiger partial charge on any atom is -0.384 e. The lowest BCUT2D eigenvalue weighted by atomic mass is 9.93. The SMILES string of the molecule is O=c1ccon1[C@@H]1CCN[C@@H](Cc2cccc(C(F)(F)F)c2)C1. The maximum Gasteiger partial charge on any atom is 0.416 e. The molecule has 23 heavy (non-hydrogen) atoms. The molecule has 2 heterocycles. The fraction of sp³-hybridized carbons (Fsp3) is 0.438. The molecule has 0 amide bonds. The molecule has 2 aromatic rings. The molecule has 1 aliphatic rings. The van der Waals surface area contributed by atoms with E-state index in [0.29, 0.717) is 24.9 Å². The van der Waals surface area contributed by atoms with Crippen LogP contribution in [0.15, 0.2) is 45.9 Å². The van der Waals surface area contributed by atoms with E-state index in [2.05, 4.69) is 5.32 Å². The topological polar surface area (TPSA) is 47.2 Å². The van der Waals surface area contributed by atoms with Crippen molar-refractivity contribution in [1.82, 2.24) is 10.1 Å². The van der Waals surface area contributed by atoms with Gasteiger partial charge in [-0.3, -0.25) is 4.79 Å². The highest BCUT2D eigenvalue weighted by Gasteiger charge is 2.31. The second-order valence-corrected chi connectivity index (χ2v) is 5.80. The zero-order chi connectivity index (χ0) is 16.4. The third-order valence-electron chi connectivity index (χ3n) is 4.14. The average Bonchev–Trinajstić information content (AvgIpc) is 2.93. The first kappa shape index (κ1) is 15.9. The quantitative estimate of drug-likeness (QED) is 0.943. The summed E-state index contributed by atoms with van der Waals surface area (Å²) in [6, 6.07) is 6.69. The number of halogens is 3. The van der Waals surface area contributed by atoms with Crippen molar-refractivity contribution < 1.29 is 17.7 Å². The van der Waals surface area contributed by atoms with E-state index in [9.17, 15) is 18.0 Å². The van der Waals surface area contributed by atoms with Crippen molar-refractivity contribution in [2.75, 3.05) is 6.54 Å². The number of nitrogens with zero attached hydrogens (tertiary/aromatic N) is 1. The van der Waals surface area contributed by atoms with Crippen molar-refractivity contribution in [2.45, 2.75) is 37.5 Å². The van der Waals surface area contributed by atoms with Crippen LogP contribution in [-0.2, 0) is 12.6 Å². The third kappa shape index (κ3) is 3.67. The number of nitrogens with one attached hydrogen (secondary N) is 1. The second kappa shape index (κ2) is 6.23. The van der Waals surface area contributed by atoms with E-state index in [1.165, 1.54) is 29.2 Å². The molecular formula is C16H17F3N2O2. The summed E-state index contributed by atoms with van der Waals surface area (Å²) in [5.41, 5.74) is -0.191. The molecule has 4 nitrogen and oxygen atoms in total. The molecule has 124 valence electrons. The summed E-state index contributed by atoms with van der Waals surface area (Å²) in [5, 5.41) is 3.30. The summed E-state index contributed by atoms with van der Waals surface area (Å²) in [4.78, 5) is 11.7. The highest BCUT2D eigenvalue weighted by atomic mass is 19.4. The van der Waals surface area contributed by atoms with Crippen LogP contribution in [0.5, 0.6) is 0 Å². The van der Waals surface area contributed by atoms with E-state index in [-0.39, 0.29) is 17.6 Å². The lowest BCUT2D eigenvalue weighted by molar-refractivity contribution is -0.137. The number of rotatable bonds is 3. The van der Waals surface area contributed by atoms with Crippen LogP contribution < -0.4 is 10.9 Å². The van der Waals surface area contributed by atoms with Gasteiger partial charge in [0.15, 0.2) is 0 Å². The zero-order valence-corrected chi connectivity index (χ0v) is 12.3. The highest BCUT2D eigenvalue weighted by molar-refractivity contribution is 5.26. The van der Waals surface area contributed by atoms with Crippen molar-refractivity contribution in [3.63, 3.8) is 0 Å². The first-order valence-electron chi connectivity index (χ1n) is 7.49. The molecule has 0 radical (unpaired) electrons. The largest absolute Gasteiger partial charge is 0.416 e. The van der Waals surface area contributed by atoms with Crippen LogP contribution in [0.3, 0.4) is 0 Å². The standard InChI is InChI=1S/C16H17F3N2O2/c17-16(18,19)12-3-1-2-11(8-12)9-13-10-14(4-6-20-13)21-15(22)5-7-23-21/h1-3,5,7-8,13-14,20H,4,6,9-10H2/t13-,14+/m0/s1. The Morgan fingerprint density at radius 3 is 2.83 bits per heavy atom. The van der Waals surface area contributed by atoms with Crippen LogP contribution in [0.1, 0.15) is 30.0 Å². The number of hydrogen-bond donors (Lipinski definition) is 1. The molecule has 1 N–H and O–H groups in total. The monoisotopic (exact) mass is 326 g/mol. The van der Waals surface area contributed by atoms with Gasteiger partial charge in [-0.2, -0.15) is 17.9 Å². The lowest BCUT2D eigenvalue weighted by Gasteiger charge is -2.30. The molecule has 1 aliphatic heterocycles. The Kier molecular flexibility index (Phi) is 4.30. The minimum atomic E-state index is -4.33. The van der Waals surface area contributed by atoms with E-state index in [1.54, 1.807) is 6.07 Å². The predicted octanol–water partition coefficient (Wildman–Crippen LogP) is 3.00. The maximum absolute atomic E-state index is 12.8. The normalized spacial score (nSPS) is 22.2. The van der Waals surface area contributed by atoms with E-state index < -0.39 is 11.7 Å². The van der Waals surface area contributed by atoms with Crippen molar-refractivity contribution >= 4 is 0 Å². The molecule has 1 aromatic heterocycles. The molecular weight excluding hydrogens is 309 g/mol. The third-order valence-corrected chi connectivity index (χ3v) is 4.14. The van der Waals surface area contributed by atoms with E-state index >= 15 is 0 Å². The van der Waals surface area contributed by atoms with Gasteiger partial charge < -0.3 is 9.84 Å². The Morgan fingerprint density at radius 2 is 2.13 bits per heavy atom. The van der Waals surface area contributed by atoms with Crippen LogP contribution in [0.4, 0.5) is 13.2 Å². The van der Waals surface area contributed by atoms with Crippen LogP contribution in [0.2, 0.25) is 0 Å². The maximum atomic E-state index is 12.8. The van der Waals surface area contributed by atoms with Crippen LogP contribution in [0, 0.1) is 0 Å². The summed E-state index contributed by atoms with van der Waals surface area (Å²) in [7, 11) is 0.